The average molecular weight is 811 g/mol. The number of azo groups is 2. The molecule has 4 aromatic carbocycles. The van der Waals surface area contributed by atoms with Crippen LogP contribution < -0.4 is 10.6 Å². The van der Waals surface area contributed by atoms with E-state index in [9.17, 15) is 29.8 Å². The summed E-state index contributed by atoms with van der Waals surface area (Å²) in [5, 5.41) is 43.8. The van der Waals surface area contributed by atoms with Gasteiger partial charge in [-0.05, 0) is 110 Å². The van der Waals surface area contributed by atoms with Gasteiger partial charge in [0.25, 0.3) is 11.4 Å². The van der Waals surface area contributed by atoms with E-state index in [0.29, 0.717) is 47.0 Å². The molecule has 0 radical (unpaired) electrons. The molecule has 0 heterocycles. The van der Waals surface area contributed by atoms with Crippen molar-refractivity contribution < 1.29 is 19.4 Å². The summed E-state index contributed by atoms with van der Waals surface area (Å²) in [4.78, 5) is 45.3. The standard InChI is InChI=1S/C46H50N8O6/c55-45(47-37-21-25-39(26-22-37)49-51-41-29-33-43(34-30-41)53(57)58)19-17-15-13-11-9-7-5-3-1-2-4-6-8-10-12-14-16-18-20-46(56)48-38-23-27-40(28-24-38)50-52-42-31-35-44(36-32-42)54(59)60/h21-36H,5-20H2,(H,47,55)(H,48,56). The van der Waals surface area contributed by atoms with E-state index in [1.807, 2.05) is 0 Å². The Hall–Kier alpha value is -7.06. The van der Waals surface area contributed by atoms with Crippen LogP contribution in [0.15, 0.2) is 118 Å². The van der Waals surface area contributed by atoms with E-state index in [-0.39, 0.29) is 23.2 Å². The Morgan fingerprint density at radius 3 is 1.03 bits per heavy atom. The summed E-state index contributed by atoms with van der Waals surface area (Å²) >= 11 is 0. The van der Waals surface area contributed by atoms with Crippen LogP contribution in [0.25, 0.3) is 0 Å². The first-order chi connectivity index (χ1) is 29.2. The number of nitrogens with one attached hydrogen (secondary N) is 2. The van der Waals surface area contributed by atoms with E-state index >= 15 is 0 Å². The number of hydrogen-bond acceptors (Lipinski definition) is 10. The van der Waals surface area contributed by atoms with Crippen molar-refractivity contribution in [2.45, 2.75) is 103 Å². The fourth-order valence-corrected chi connectivity index (χ4v) is 5.81. The van der Waals surface area contributed by atoms with Crippen molar-refractivity contribution in [1.29, 1.82) is 0 Å². The van der Waals surface area contributed by atoms with Gasteiger partial charge in [0, 0.05) is 61.3 Å². The average Bonchev–Trinajstić information content (AvgIpc) is 3.25. The van der Waals surface area contributed by atoms with Gasteiger partial charge in [0.15, 0.2) is 0 Å². The Morgan fingerprint density at radius 1 is 0.433 bits per heavy atom. The molecule has 2 amide bonds. The Labute approximate surface area is 350 Å². The van der Waals surface area contributed by atoms with Gasteiger partial charge < -0.3 is 10.6 Å². The molecule has 0 spiro atoms. The number of carbonyl (C=O) groups excluding carboxylic acids is 2. The Balaban J connectivity index is 0.914. The minimum Gasteiger partial charge on any atom is -0.326 e. The second kappa shape index (κ2) is 26.8. The second-order valence-corrected chi connectivity index (χ2v) is 14.0. The first-order valence-electron chi connectivity index (χ1n) is 20.3. The fourth-order valence-electron chi connectivity index (χ4n) is 5.81. The van der Waals surface area contributed by atoms with Gasteiger partial charge in [-0.25, -0.2) is 0 Å². The van der Waals surface area contributed by atoms with Crippen molar-refractivity contribution >= 4 is 57.3 Å². The number of non-ortho nitro benzene ring substituents is 2. The van der Waals surface area contributed by atoms with Crippen molar-refractivity contribution in [1.82, 2.24) is 0 Å². The van der Waals surface area contributed by atoms with Crippen LogP contribution in [0.5, 0.6) is 0 Å². The van der Waals surface area contributed by atoms with Gasteiger partial charge in [-0.15, -0.1) is 0 Å². The van der Waals surface area contributed by atoms with Crippen molar-refractivity contribution in [2.75, 3.05) is 10.6 Å². The quantitative estimate of drug-likeness (QED) is 0.0232. The molecule has 14 nitrogen and oxygen atoms in total. The summed E-state index contributed by atoms with van der Waals surface area (Å²) in [6.45, 7) is 0. The summed E-state index contributed by atoms with van der Waals surface area (Å²) in [6, 6.07) is 25.7. The molecule has 0 atom stereocenters. The molecule has 0 aliphatic heterocycles. The zero-order chi connectivity index (χ0) is 42.6. The van der Waals surface area contributed by atoms with Crippen molar-refractivity contribution in [3.8, 4) is 23.7 Å². The number of amides is 2. The number of nitro benzene ring substituents is 2. The molecule has 2 N–H and O–H groups in total. The zero-order valence-electron chi connectivity index (χ0n) is 33.7. The Morgan fingerprint density at radius 2 is 0.717 bits per heavy atom. The first-order valence-corrected chi connectivity index (χ1v) is 20.3. The number of nitro groups is 2. The van der Waals surface area contributed by atoms with Crippen molar-refractivity contribution in [3.05, 3.63) is 117 Å². The molecule has 0 aliphatic carbocycles. The van der Waals surface area contributed by atoms with Gasteiger partial charge in [0.2, 0.25) is 11.8 Å². The van der Waals surface area contributed by atoms with E-state index < -0.39 is 9.85 Å². The van der Waals surface area contributed by atoms with Crippen LogP contribution >= 0.6 is 0 Å². The van der Waals surface area contributed by atoms with Crippen LogP contribution in [0.4, 0.5) is 45.5 Å². The molecule has 14 heteroatoms. The molecule has 310 valence electrons. The number of unbranched alkanes of at least 4 members (excludes halogenated alkanes) is 12. The van der Waals surface area contributed by atoms with E-state index in [0.717, 1.165) is 89.9 Å². The molecule has 4 aromatic rings. The number of hydrogen-bond donors (Lipinski definition) is 2. The molecule has 0 saturated carbocycles. The lowest BCUT2D eigenvalue weighted by Gasteiger charge is -2.05. The molecule has 0 aliphatic rings. The second-order valence-electron chi connectivity index (χ2n) is 14.0. The maximum absolute atomic E-state index is 12.3. The lowest BCUT2D eigenvalue weighted by atomic mass is 10.1. The maximum atomic E-state index is 12.3. The van der Waals surface area contributed by atoms with E-state index in [1.54, 1.807) is 48.5 Å². The fraction of sp³-hybridized carbons (Fsp3) is 0.348. The van der Waals surface area contributed by atoms with Gasteiger partial charge in [-0.1, -0.05) is 63.2 Å². The highest BCUT2D eigenvalue weighted by atomic mass is 16.6. The van der Waals surface area contributed by atoms with Crippen LogP contribution in [0, 0.1) is 43.9 Å². The highest BCUT2D eigenvalue weighted by molar-refractivity contribution is 5.91. The van der Waals surface area contributed by atoms with Gasteiger partial charge in [-0.3, -0.25) is 29.8 Å². The topological polar surface area (TPSA) is 194 Å². The predicted molar refractivity (Wildman–Crippen MR) is 234 cm³/mol. The zero-order valence-corrected chi connectivity index (χ0v) is 33.7. The molecule has 0 unspecified atom stereocenters. The molecule has 4 rings (SSSR count). The van der Waals surface area contributed by atoms with Crippen LogP contribution in [0.2, 0.25) is 0 Å². The smallest absolute Gasteiger partial charge is 0.269 e. The van der Waals surface area contributed by atoms with Crippen molar-refractivity contribution in [3.63, 3.8) is 0 Å². The lowest BCUT2D eigenvalue weighted by Crippen LogP contribution is -2.10. The predicted octanol–water partition coefficient (Wildman–Crippen LogP) is 13.2. The molecular weight excluding hydrogens is 761 g/mol. The number of rotatable bonds is 24. The molecule has 0 aromatic heterocycles. The van der Waals surface area contributed by atoms with Crippen molar-refractivity contribution in [2.24, 2.45) is 20.5 Å². The Kier molecular flexibility index (Phi) is 20.4. The van der Waals surface area contributed by atoms with Crippen LogP contribution in [0.1, 0.15) is 103 Å². The monoisotopic (exact) mass is 810 g/mol. The summed E-state index contributed by atoms with van der Waals surface area (Å²) < 4.78 is 0. The van der Waals surface area contributed by atoms with E-state index in [2.05, 4.69) is 54.8 Å². The molecular formula is C46H50N8O6. The highest BCUT2D eigenvalue weighted by Crippen LogP contribution is 2.24. The summed E-state index contributed by atoms with van der Waals surface area (Å²) in [5.74, 6) is 12.2. The first kappa shape index (κ1) is 45.6. The molecule has 60 heavy (non-hydrogen) atoms. The van der Waals surface area contributed by atoms with Gasteiger partial charge >= 0.3 is 0 Å². The summed E-state index contributed by atoms with van der Waals surface area (Å²) in [7, 11) is 0. The minimum atomic E-state index is -0.465. The largest absolute Gasteiger partial charge is 0.326 e. The summed E-state index contributed by atoms with van der Waals surface area (Å²) in [5.41, 5.74) is 3.60. The van der Waals surface area contributed by atoms with Gasteiger partial charge in [-0.2, -0.15) is 20.5 Å². The highest BCUT2D eigenvalue weighted by Gasteiger charge is 2.06. The van der Waals surface area contributed by atoms with Gasteiger partial charge in [0.05, 0.1) is 32.6 Å². The maximum Gasteiger partial charge on any atom is 0.269 e. The summed E-state index contributed by atoms with van der Waals surface area (Å²) in [6.07, 6.45) is 15.1. The lowest BCUT2D eigenvalue weighted by molar-refractivity contribution is -0.385. The third-order valence-electron chi connectivity index (χ3n) is 9.14. The minimum absolute atomic E-state index is 0.00381. The number of anilines is 2. The van der Waals surface area contributed by atoms with Crippen LogP contribution in [0.3, 0.4) is 0 Å². The number of benzene rings is 4. The number of nitrogens with zero attached hydrogens (tertiary/aromatic N) is 6. The van der Waals surface area contributed by atoms with Crippen LogP contribution in [-0.4, -0.2) is 21.7 Å². The molecule has 0 saturated heterocycles. The third-order valence-corrected chi connectivity index (χ3v) is 9.14. The van der Waals surface area contributed by atoms with Crippen LogP contribution in [-0.2, 0) is 9.59 Å². The Bertz CT molecular complexity index is 2010. The third kappa shape index (κ3) is 18.9. The molecule has 0 fully saturated rings. The van der Waals surface area contributed by atoms with E-state index in [4.69, 9.17) is 0 Å². The number of carbonyl (C=O) groups is 2. The normalized spacial score (nSPS) is 10.7. The molecule has 0 bridgehead atoms. The SMILES string of the molecule is O=C(CCCCCCCCC#CC#CCCCCCCCCC(=O)Nc1ccc(N=Nc2ccc([N+](=O)[O-])cc2)cc1)Nc1ccc(N=Nc2ccc([N+](=O)[O-])cc2)cc1. The van der Waals surface area contributed by atoms with Gasteiger partial charge in [0.1, 0.15) is 0 Å². The van der Waals surface area contributed by atoms with E-state index in [1.165, 1.54) is 48.5 Å².